The molecule has 1 fully saturated rings. The summed E-state index contributed by atoms with van der Waals surface area (Å²) in [6.07, 6.45) is 0.380. The Morgan fingerprint density at radius 1 is 1.50 bits per heavy atom. The molecule has 1 aromatic carbocycles. The molecule has 1 aromatic rings. The Kier molecular flexibility index (Phi) is 3.85. The molecule has 1 saturated heterocycles. The summed E-state index contributed by atoms with van der Waals surface area (Å²) >= 11 is 5.73. The maximum absolute atomic E-state index is 13.6. The Hall–Kier alpha value is -1.16. The van der Waals surface area contributed by atoms with E-state index < -0.39 is 17.7 Å². The Morgan fingerprint density at radius 2 is 2.22 bits per heavy atom. The van der Waals surface area contributed by atoms with Gasteiger partial charge in [-0.25, -0.2) is 8.78 Å². The van der Waals surface area contributed by atoms with Crippen molar-refractivity contribution in [2.45, 2.75) is 19.4 Å². The number of halogens is 3. The van der Waals surface area contributed by atoms with Gasteiger partial charge in [0.05, 0.1) is 6.04 Å². The summed E-state index contributed by atoms with van der Waals surface area (Å²) in [7, 11) is 0. The van der Waals surface area contributed by atoms with Gasteiger partial charge in [-0.3, -0.25) is 4.79 Å². The number of hydrogen-bond donors (Lipinski definition) is 0. The van der Waals surface area contributed by atoms with E-state index >= 15 is 0 Å². The second-order valence-electron chi connectivity index (χ2n) is 4.61. The van der Waals surface area contributed by atoms with Crippen LogP contribution in [0.2, 0.25) is 0 Å². The summed E-state index contributed by atoms with van der Waals surface area (Å²) in [6.45, 7) is 2.20. The van der Waals surface area contributed by atoms with Crippen LogP contribution in [0, 0.1) is 17.6 Å². The Morgan fingerprint density at radius 3 is 2.83 bits per heavy atom. The van der Waals surface area contributed by atoms with Gasteiger partial charge >= 0.3 is 0 Å². The van der Waals surface area contributed by atoms with E-state index in [-0.39, 0.29) is 17.4 Å². The average Bonchev–Trinajstić information content (AvgIpc) is 2.73. The van der Waals surface area contributed by atoms with Crippen molar-refractivity contribution in [3.05, 3.63) is 35.4 Å². The number of carbonyl (C=O) groups excluding carboxylic acids is 1. The first-order chi connectivity index (χ1) is 8.52. The van der Waals surface area contributed by atoms with E-state index in [1.165, 1.54) is 0 Å². The van der Waals surface area contributed by atoms with Crippen LogP contribution in [0.3, 0.4) is 0 Å². The molecule has 5 heteroatoms. The molecule has 0 bridgehead atoms. The average molecular weight is 274 g/mol. The van der Waals surface area contributed by atoms with Crippen LogP contribution in [-0.2, 0) is 4.79 Å². The van der Waals surface area contributed by atoms with Gasteiger partial charge in [-0.15, -0.1) is 11.6 Å². The number of amides is 1. The van der Waals surface area contributed by atoms with Crippen LogP contribution < -0.4 is 0 Å². The van der Waals surface area contributed by atoms with E-state index in [1.807, 2.05) is 0 Å². The van der Waals surface area contributed by atoms with Gasteiger partial charge < -0.3 is 4.90 Å². The van der Waals surface area contributed by atoms with Gasteiger partial charge in [-0.2, -0.15) is 0 Å². The fourth-order valence-electron chi connectivity index (χ4n) is 2.29. The van der Waals surface area contributed by atoms with Crippen molar-refractivity contribution in [1.29, 1.82) is 0 Å². The normalized spacial score (nSPS) is 21.4. The van der Waals surface area contributed by atoms with E-state index in [1.54, 1.807) is 11.8 Å². The Bertz CT molecular complexity index is 466. The Labute approximate surface area is 110 Å². The zero-order valence-corrected chi connectivity index (χ0v) is 10.8. The molecule has 1 amide bonds. The van der Waals surface area contributed by atoms with Gasteiger partial charge in [0, 0.05) is 24.4 Å². The summed E-state index contributed by atoms with van der Waals surface area (Å²) in [5.74, 6) is -0.555. The van der Waals surface area contributed by atoms with Crippen LogP contribution in [0.25, 0.3) is 0 Å². The van der Waals surface area contributed by atoms with E-state index in [0.717, 1.165) is 18.2 Å². The van der Waals surface area contributed by atoms with Crippen molar-refractivity contribution in [3.63, 3.8) is 0 Å². The number of likely N-dealkylation sites (tertiary alicyclic amines) is 1. The molecule has 1 heterocycles. The lowest BCUT2D eigenvalue weighted by molar-refractivity contribution is -0.129. The second kappa shape index (κ2) is 5.22. The molecule has 0 radical (unpaired) electrons. The van der Waals surface area contributed by atoms with Crippen LogP contribution in [0.4, 0.5) is 8.78 Å². The zero-order valence-electron chi connectivity index (χ0n) is 10.00. The smallest absolute Gasteiger partial charge is 0.223 e. The largest absolute Gasteiger partial charge is 0.335 e. The first kappa shape index (κ1) is 13.3. The van der Waals surface area contributed by atoms with Crippen molar-refractivity contribution in [3.8, 4) is 0 Å². The highest BCUT2D eigenvalue weighted by Crippen LogP contribution is 2.30. The third-order valence-corrected chi connectivity index (χ3v) is 3.77. The van der Waals surface area contributed by atoms with Crippen molar-refractivity contribution < 1.29 is 13.6 Å². The van der Waals surface area contributed by atoms with Crippen LogP contribution >= 0.6 is 11.6 Å². The van der Waals surface area contributed by atoms with E-state index in [0.29, 0.717) is 18.8 Å². The van der Waals surface area contributed by atoms with Crippen molar-refractivity contribution >= 4 is 17.5 Å². The van der Waals surface area contributed by atoms with Gasteiger partial charge in [0.25, 0.3) is 0 Å². The van der Waals surface area contributed by atoms with Crippen molar-refractivity contribution in [1.82, 2.24) is 4.90 Å². The minimum atomic E-state index is -0.501. The third-order valence-electron chi connectivity index (χ3n) is 3.33. The lowest BCUT2D eigenvalue weighted by Crippen LogP contribution is -2.29. The predicted molar refractivity (Wildman–Crippen MR) is 65.3 cm³/mol. The van der Waals surface area contributed by atoms with E-state index in [4.69, 9.17) is 11.6 Å². The summed E-state index contributed by atoms with van der Waals surface area (Å²) in [4.78, 5) is 13.4. The molecular weight excluding hydrogens is 260 g/mol. The summed E-state index contributed by atoms with van der Waals surface area (Å²) in [5, 5.41) is 0. The highest BCUT2D eigenvalue weighted by atomic mass is 35.5. The number of nitrogens with zero attached hydrogens (tertiary/aromatic N) is 1. The molecule has 98 valence electrons. The second-order valence-corrected chi connectivity index (χ2v) is 4.92. The monoisotopic (exact) mass is 273 g/mol. The highest BCUT2D eigenvalue weighted by Gasteiger charge is 2.33. The lowest BCUT2D eigenvalue weighted by Gasteiger charge is -2.25. The van der Waals surface area contributed by atoms with Gasteiger partial charge in [-0.05, 0) is 31.0 Å². The number of alkyl halides is 1. The number of rotatable bonds is 3. The minimum absolute atomic E-state index is 0.0585. The van der Waals surface area contributed by atoms with E-state index in [9.17, 15) is 13.6 Å². The van der Waals surface area contributed by atoms with Crippen LogP contribution in [-0.4, -0.2) is 23.2 Å². The van der Waals surface area contributed by atoms with Crippen molar-refractivity contribution in [2.75, 3.05) is 12.4 Å². The molecule has 2 rings (SSSR count). The summed E-state index contributed by atoms with van der Waals surface area (Å²) in [6, 6.07) is 2.82. The Balaban J connectivity index is 2.23. The predicted octanol–water partition coefficient (Wildman–Crippen LogP) is 3.11. The molecule has 0 spiro atoms. The molecule has 2 atom stereocenters. The van der Waals surface area contributed by atoms with Crippen LogP contribution in [0.1, 0.15) is 24.9 Å². The first-order valence-corrected chi connectivity index (χ1v) is 6.36. The molecule has 2 nitrogen and oxygen atoms in total. The number of hydrogen-bond acceptors (Lipinski definition) is 1. The molecule has 18 heavy (non-hydrogen) atoms. The maximum atomic E-state index is 13.6. The highest BCUT2D eigenvalue weighted by molar-refractivity contribution is 6.18. The SMILES string of the molecule is CC(c1cc(F)ccc1F)N1CC(CCl)CC1=O. The lowest BCUT2D eigenvalue weighted by atomic mass is 10.1. The summed E-state index contributed by atoms with van der Waals surface area (Å²) < 4.78 is 26.8. The molecule has 2 unspecified atom stereocenters. The molecular formula is C13H14ClF2NO. The fourth-order valence-corrected chi connectivity index (χ4v) is 2.50. The molecule has 1 aliphatic heterocycles. The zero-order chi connectivity index (χ0) is 13.3. The van der Waals surface area contributed by atoms with E-state index in [2.05, 4.69) is 0 Å². The van der Waals surface area contributed by atoms with Gasteiger partial charge in [-0.1, -0.05) is 0 Å². The van der Waals surface area contributed by atoms with Gasteiger partial charge in [0.2, 0.25) is 5.91 Å². The van der Waals surface area contributed by atoms with Crippen LogP contribution in [0.5, 0.6) is 0 Å². The fraction of sp³-hybridized carbons (Fsp3) is 0.462. The molecule has 0 aromatic heterocycles. The molecule has 0 N–H and O–H groups in total. The quantitative estimate of drug-likeness (QED) is 0.775. The molecule has 0 aliphatic carbocycles. The summed E-state index contributed by atoms with van der Waals surface area (Å²) in [5.41, 5.74) is 0.207. The number of benzene rings is 1. The minimum Gasteiger partial charge on any atom is -0.335 e. The maximum Gasteiger partial charge on any atom is 0.223 e. The third kappa shape index (κ3) is 2.48. The topological polar surface area (TPSA) is 20.3 Å². The van der Waals surface area contributed by atoms with Crippen molar-refractivity contribution in [2.24, 2.45) is 5.92 Å². The molecule has 1 aliphatic rings. The molecule has 0 saturated carbocycles. The first-order valence-electron chi connectivity index (χ1n) is 5.83. The number of carbonyl (C=O) groups is 1. The van der Waals surface area contributed by atoms with Gasteiger partial charge in [0.15, 0.2) is 0 Å². The standard InChI is InChI=1S/C13H14ClF2NO/c1-8(11-5-10(15)2-3-12(11)16)17-7-9(6-14)4-13(17)18/h2-3,5,8-9H,4,6-7H2,1H3. The van der Waals surface area contributed by atoms with Gasteiger partial charge in [0.1, 0.15) is 11.6 Å². The van der Waals surface area contributed by atoms with Crippen LogP contribution in [0.15, 0.2) is 18.2 Å².